The van der Waals surface area contributed by atoms with Crippen LogP contribution < -0.4 is 14.3 Å². The maximum absolute atomic E-state index is 15.2. The predicted octanol–water partition coefficient (Wildman–Crippen LogP) is 0.605. The van der Waals surface area contributed by atoms with Crippen LogP contribution in [0.4, 0.5) is 10.1 Å². The smallest absolute Gasteiger partial charge is 0.326 e. The fraction of sp³-hybridized carbons (Fsp3) is 0.412. The van der Waals surface area contributed by atoms with Gasteiger partial charge in [-0.15, -0.1) is 11.8 Å². The standard InChI is InChI=1S/C17H20FN5O4S2/c18-16-12-7-11(19-3-1-5-22-6-2-4-20-22)10-28-14(12)8-13(24)17(16)23-9-15(25)21-29(23,26)27/h2,4,6,8,11,19,24H,1,3,5,7,9-10H2,(H,21,25)/t11-/m0/s1. The third-order valence-corrected chi connectivity index (χ3v) is 7.42. The molecular weight excluding hydrogens is 421 g/mol. The van der Waals surface area contributed by atoms with Crippen molar-refractivity contribution >= 4 is 33.6 Å². The Bertz CT molecular complexity index is 1030. The van der Waals surface area contributed by atoms with Crippen LogP contribution in [0.5, 0.6) is 5.75 Å². The first-order chi connectivity index (χ1) is 13.8. The third-order valence-electron chi connectivity index (χ3n) is 4.80. The van der Waals surface area contributed by atoms with Gasteiger partial charge < -0.3 is 10.4 Å². The van der Waals surface area contributed by atoms with Gasteiger partial charge in [-0.05, 0) is 31.5 Å². The van der Waals surface area contributed by atoms with Crippen LogP contribution in [0.1, 0.15) is 12.0 Å². The van der Waals surface area contributed by atoms with E-state index < -0.39 is 39.9 Å². The van der Waals surface area contributed by atoms with Gasteiger partial charge >= 0.3 is 10.2 Å². The highest BCUT2D eigenvalue weighted by Crippen LogP contribution is 2.42. The number of carbonyl (C=O) groups excluding carboxylic acids is 1. The number of anilines is 1. The van der Waals surface area contributed by atoms with Crippen molar-refractivity contribution in [3.05, 3.63) is 35.9 Å². The maximum Gasteiger partial charge on any atom is 0.326 e. The summed E-state index contributed by atoms with van der Waals surface area (Å²) >= 11 is 1.40. The number of hydrogen-bond donors (Lipinski definition) is 3. The fourth-order valence-electron chi connectivity index (χ4n) is 3.45. The molecule has 1 saturated heterocycles. The summed E-state index contributed by atoms with van der Waals surface area (Å²) < 4.78 is 43.6. The molecule has 0 bridgehead atoms. The molecule has 3 N–H and O–H groups in total. The van der Waals surface area contributed by atoms with E-state index >= 15 is 4.39 Å². The highest BCUT2D eigenvalue weighted by Gasteiger charge is 2.39. The molecule has 12 heteroatoms. The highest BCUT2D eigenvalue weighted by molar-refractivity contribution is 7.99. The summed E-state index contributed by atoms with van der Waals surface area (Å²) in [6.07, 6.45) is 4.83. The number of aryl methyl sites for hydroxylation is 1. The molecule has 1 fully saturated rings. The number of nitrogens with one attached hydrogen (secondary N) is 2. The minimum absolute atomic E-state index is 0.00644. The van der Waals surface area contributed by atoms with Gasteiger partial charge in [0.05, 0.1) is 0 Å². The van der Waals surface area contributed by atoms with Crippen LogP contribution in [0, 0.1) is 5.82 Å². The molecule has 0 aliphatic carbocycles. The van der Waals surface area contributed by atoms with Crippen LogP contribution in [-0.4, -0.2) is 54.1 Å². The largest absolute Gasteiger partial charge is 0.506 e. The topological polar surface area (TPSA) is 117 Å². The SMILES string of the molecule is O=C1CN(c2c(O)cc3c(c2F)C[C@H](NCCCn2cccn2)CS3)S(=O)(=O)N1. The second-order valence-corrected chi connectivity index (χ2v) is 9.52. The molecule has 1 aromatic carbocycles. The average Bonchev–Trinajstić information content (AvgIpc) is 3.26. The zero-order chi connectivity index (χ0) is 20.6. The molecule has 29 heavy (non-hydrogen) atoms. The summed E-state index contributed by atoms with van der Waals surface area (Å²) in [7, 11) is -4.21. The summed E-state index contributed by atoms with van der Waals surface area (Å²) in [4.78, 5) is 12.1. The summed E-state index contributed by atoms with van der Waals surface area (Å²) in [5, 5.41) is 17.8. The number of halogens is 1. The van der Waals surface area contributed by atoms with Gasteiger partial charge in [0.1, 0.15) is 18.0 Å². The van der Waals surface area contributed by atoms with Crippen LogP contribution in [0.2, 0.25) is 0 Å². The number of carbonyl (C=O) groups is 1. The fourth-order valence-corrected chi connectivity index (χ4v) is 5.77. The number of aromatic hydroxyl groups is 1. The number of phenols is 1. The Morgan fingerprint density at radius 2 is 2.28 bits per heavy atom. The Morgan fingerprint density at radius 1 is 1.45 bits per heavy atom. The van der Waals surface area contributed by atoms with E-state index in [0.717, 1.165) is 19.5 Å². The number of aromatic nitrogens is 2. The molecule has 4 rings (SSSR count). The highest BCUT2D eigenvalue weighted by atomic mass is 32.2. The molecule has 0 saturated carbocycles. The molecule has 156 valence electrons. The molecule has 9 nitrogen and oxygen atoms in total. The Labute approximate surface area is 171 Å². The second kappa shape index (κ2) is 7.84. The van der Waals surface area contributed by atoms with E-state index in [1.807, 2.05) is 16.9 Å². The summed E-state index contributed by atoms with van der Waals surface area (Å²) in [5.41, 5.74) is -0.143. The molecule has 2 aliphatic heterocycles. The van der Waals surface area contributed by atoms with Crippen molar-refractivity contribution in [3.63, 3.8) is 0 Å². The van der Waals surface area contributed by atoms with Crippen LogP contribution in [-0.2, 0) is 28.0 Å². The molecule has 0 unspecified atom stereocenters. The lowest BCUT2D eigenvalue weighted by molar-refractivity contribution is -0.117. The lowest BCUT2D eigenvalue weighted by Crippen LogP contribution is -2.37. The number of fused-ring (bicyclic) bond motifs is 1. The summed E-state index contributed by atoms with van der Waals surface area (Å²) in [6, 6.07) is 3.23. The lowest BCUT2D eigenvalue weighted by Gasteiger charge is -2.28. The Kier molecular flexibility index (Phi) is 5.40. The van der Waals surface area contributed by atoms with Crippen LogP contribution in [0.3, 0.4) is 0 Å². The molecule has 1 amide bonds. The van der Waals surface area contributed by atoms with E-state index in [9.17, 15) is 18.3 Å². The van der Waals surface area contributed by atoms with E-state index in [4.69, 9.17) is 0 Å². The van der Waals surface area contributed by atoms with Gasteiger partial charge in [-0.25, -0.2) is 13.4 Å². The van der Waals surface area contributed by atoms with Crippen LogP contribution in [0.15, 0.2) is 29.4 Å². The number of nitrogens with zero attached hydrogens (tertiary/aromatic N) is 3. The number of rotatable bonds is 6. The van der Waals surface area contributed by atoms with Gasteiger partial charge in [0.2, 0.25) is 0 Å². The van der Waals surface area contributed by atoms with Crippen LogP contribution >= 0.6 is 11.8 Å². The van der Waals surface area contributed by atoms with E-state index in [-0.39, 0.29) is 6.04 Å². The van der Waals surface area contributed by atoms with Crippen molar-refractivity contribution < 1.29 is 22.7 Å². The molecule has 1 aromatic heterocycles. The molecule has 0 radical (unpaired) electrons. The first kappa shape index (κ1) is 20.0. The molecule has 0 spiro atoms. The normalized spacial score (nSPS) is 20.5. The Balaban J connectivity index is 1.48. The third kappa shape index (κ3) is 4.05. The molecule has 3 heterocycles. The summed E-state index contributed by atoms with van der Waals surface area (Å²) in [5.74, 6) is -1.38. The quantitative estimate of drug-likeness (QED) is 0.562. The molecule has 1 atom stereocenters. The second-order valence-electron chi connectivity index (χ2n) is 6.86. The van der Waals surface area contributed by atoms with Crippen molar-refractivity contribution in [2.45, 2.75) is 30.3 Å². The summed E-state index contributed by atoms with van der Waals surface area (Å²) in [6.45, 7) is 0.941. The molecule has 2 aliphatic rings. The van der Waals surface area contributed by atoms with Crippen molar-refractivity contribution in [3.8, 4) is 5.75 Å². The number of thioether (sulfide) groups is 1. The van der Waals surface area contributed by atoms with E-state index in [0.29, 0.717) is 26.9 Å². The number of phenolic OH excluding ortho intramolecular Hbond substituents is 1. The van der Waals surface area contributed by atoms with Gasteiger partial charge in [0.25, 0.3) is 5.91 Å². The predicted molar refractivity (Wildman–Crippen MR) is 106 cm³/mol. The zero-order valence-electron chi connectivity index (χ0n) is 15.3. The zero-order valence-corrected chi connectivity index (χ0v) is 17.0. The van der Waals surface area contributed by atoms with E-state index in [1.54, 1.807) is 10.9 Å². The van der Waals surface area contributed by atoms with Crippen molar-refractivity contribution in [1.29, 1.82) is 0 Å². The van der Waals surface area contributed by atoms with Crippen LogP contribution in [0.25, 0.3) is 0 Å². The van der Waals surface area contributed by atoms with Gasteiger partial charge in [0, 0.05) is 41.2 Å². The van der Waals surface area contributed by atoms with Gasteiger partial charge in [0.15, 0.2) is 5.82 Å². The number of hydrogen-bond acceptors (Lipinski definition) is 7. The number of amides is 1. The molecular formula is C17H20FN5O4S2. The van der Waals surface area contributed by atoms with Gasteiger partial charge in [-0.1, -0.05) is 0 Å². The minimum atomic E-state index is -4.21. The lowest BCUT2D eigenvalue weighted by atomic mass is 10.0. The first-order valence-corrected chi connectivity index (χ1v) is 11.5. The van der Waals surface area contributed by atoms with Gasteiger partial charge in [-0.3, -0.25) is 9.48 Å². The van der Waals surface area contributed by atoms with E-state index in [2.05, 4.69) is 10.4 Å². The number of benzene rings is 1. The van der Waals surface area contributed by atoms with Gasteiger partial charge in [-0.2, -0.15) is 13.5 Å². The monoisotopic (exact) mass is 441 g/mol. The van der Waals surface area contributed by atoms with Crippen molar-refractivity contribution in [1.82, 2.24) is 19.8 Å². The minimum Gasteiger partial charge on any atom is -0.506 e. The van der Waals surface area contributed by atoms with Crippen molar-refractivity contribution in [2.24, 2.45) is 0 Å². The first-order valence-electron chi connectivity index (χ1n) is 9.06. The Hall–Kier alpha value is -2.31. The van der Waals surface area contributed by atoms with Crippen molar-refractivity contribution in [2.75, 3.05) is 23.1 Å². The average molecular weight is 442 g/mol. The molecule has 2 aromatic rings. The van der Waals surface area contributed by atoms with E-state index in [1.165, 1.54) is 17.8 Å². The Morgan fingerprint density at radius 3 is 2.97 bits per heavy atom. The maximum atomic E-state index is 15.2.